The van der Waals surface area contributed by atoms with Gasteiger partial charge in [-0.15, -0.1) is 0 Å². The van der Waals surface area contributed by atoms with E-state index in [9.17, 15) is 4.79 Å². The number of nitrogens with zero attached hydrogens (tertiary/aromatic N) is 1. The summed E-state index contributed by atoms with van der Waals surface area (Å²) >= 11 is 3.35. The lowest BCUT2D eigenvalue weighted by Gasteiger charge is -2.23. The SMILES string of the molecule is CC(C)(CCN)CCC(=O)Nc1ccc(C#N)cc1Br. The molecule has 108 valence electrons. The topological polar surface area (TPSA) is 78.9 Å². The van der Waals surface area contributed by atoms with Crippen molar-refractivity contribution in [1.82, 2.24) is 0 Å². The molecule has 0 aliphatic heterocycles. The number of carbonyl (C=O) groups excluding carboxylic acids is 1. The van der Waals surface area contributed by atoms with Gasteiger partial charge in [-0.05, 0) is 58.9 Å². The summed E-state index contributed by atoms with van der Waals surface area (Å²) in [5, 5.41) is 11.6. The Morgan fingerprint density at radius 1 is 1.45 bits per heavy atom. The smallest absolute Gasteiger partial charge is 0.224 e. The van der Waals surface area contributed by atoms with Crippen molar-refractivity contribution in [2.45, 2.75) is 33.1 Å². The Kier molecular flexibility index (Phi) is 6.18. The second-order valence-corrected chi connectivity index (χ2v) is 6.41. The van der Waals surface area contributed by atoms with Crippen molar-refractivity contribution in [3.8, 4) is 6.07 Å². The van der Waals surface area contributed by atoms with Crippen LogP contribution in [0.3, 0.4) is 0 Å². The highest BCUT2D eigenvalue weighted by atomic mass is 79.9. The van der Waals surface area contributed by atoms with Crippen LogP contribution in [0.25, 0.3) is 0 Å². The summed E-state index contributed by atoms with van der Waals surface area (Å²) in [7, 11) is 0. The summed E-state index contributed by atoms with van der Waals surface area (Å²) in [5.41, 5.74) is 6.88. The predicted molar refractivity (Wildman–Crippen MR) is 84.2 cm³/mol. The van der Waals surface area contributed by atoms with Crippen molar-refractivity contribution >= 4 is 27.5 Å². The van der Waals surface area contributed by atoms with Crippen molar-refractivity contribution in [2.75, 3.05) is 11.9 Å². The Morgan fingerprint density at radius 3 is 2.70 bits per heavy atom. The van der Waals surface area contributed by atoms with E-state index in [0.29, 0.717) is 28.7 Å². The van der Waals surface area contributed by atoms with Gasteiger partial charge in [0.1, 0.15) is 0 Å². The van der Waals surface area contributed by atoms with E-state index in [4.69, 9.17) is 11.0 Å². The van der Waals surface area contributed by atoms with E-state index in [1.54, 1.807) is 18.2 Å². The average Bonchev–Trinajstić information content (AvgIpc) is 2.39. The molecule has 0 spiro atoms. The molecular formula is C15H20BrN3O. The molecule has 3 N–H and O–H groups in total. The van der Waals surface area contributed by atoms with Crippen molar-refractivity contribution in [3.05, 3.63) is 28.2 Å². The van der Waals surface area contributed by atoms with Crippen LogP contribution in [-0.4, -0.2) is 12.5 Å². The van der Waals surface area contributed by atoms with E-state index < -0.39 is 0 Å². The number of hydrogen-bond donors (Lipinski definition) is 2. The standard InChI is InChI=1S/C15H20BrN3O/c1-15(2,7-8-17)6-5-14(20)19-13-4-3-11(10-18)9-12(13)16/h3-4,9H,5-8,17H2,1-2H3,(H,19,20). The van der Waals surface area contributed by atoms with Gasteiger partial charge in [-0.3, -0.25) is 4.79 Å². The van der Waals surface area contributed by atoms with Crippen LogP contribution < -0.4 is 11.1 Å². The number of nitrogens with two attached hydrogens (primary N) is 1. The summed E-state index contributed by atoms with van der Waals surface area (Å²) in [4.78, 5) is 11.9. The molecule has 1 aromatic rings. The minimum Gasteiger partial charge on any atom is -0.330 e. The molecule has 0 saturated heterocycles. The van der Waals surface area contributed by atoms with Crippen LogP contribution in [0.5, 0.6) is 0 Å². The van der Waals surface area contributed by atoms with E-state index in [-0.39, 0.29) is 11.3 Å². The molecule has 0 fully saturated rings. The number of nitrogens with one attached hydrogen (secondary N) is 1. The van der Waals surface area contributed by atoms with Crippen molar-refractivity contribution in [1.29, 1.82) is 5.26 Å². The first kappa shape index (κ1) is 16.7. The second-order valence-electron chi connectivity index (χ2n) is 5.56. The molecular weight excluding hydrogens is 318 g/mol. The molecule has 0 aromatic heterocycles. The van der Waals surface area contributed by atoms with Gasteiger partial charge >= 0.3 is 0 Å². The Morgan fingerprint density at radius 2 is 2.15 bits per heavy atom. The molecule has 0 radical (unpaired) electrons. The summed E-state index contributed by atoms with van der Waals surface area (Å²) in [6.45, 7) is 4.87. The number of benzene rings is 1. The first-order valence-electron chi connectivity index (χ1n) is 6.57. The minimum atomic E-state index is -0.0273. The lowest BCUT2D eigenvalue weighted by molar-refractivity contribution is -0.116. The fraction of sp³-hybridized carbons (Fsp3) is 0.467. The van der Waals surface area contributed by atoms with Gasteiger partial charge in [-0.2, -0.15) is 5.26 Å². The number of carbonyl (C=O) groups is 1. The molecule has 0 atom stereocenters. The van der Waals surface area contributed by atoms with E-state index >= 15 is 0 Å². The Labute approximate surface area is 128 Å². The quantitative estimate of drug-likeness (QED) is 0.834. The van der Waals surface area contributed by atoms with Crippen LogP contribution in [0.1, 0.15) is 38.7 Å². The van der Waals surface area contributed by atoms with Crippen LogP contribution in [0.2, 0.25) is 0 Å². The lowest BCUT2D eigenvalue weighted by Crippen LogP contribution is -2.20. The maximum Gasteiger partial charge on any atom is 0.224 e. The molecule has 0 unspecified atom stereocenters. The number of anilines is 1. The molecule has 1 aromatic carbocycles. The molecule has 5 heteroatoms. The molecule has 0 heterocycles. The van der Waals surface area contributed by atoms with Crippen molar-refractivity contribution < 1.29 is 4.79 Å². The summed E-state index contributed by atoms with van der Waals surface area (Å²) in [5.74, 6) is -0.0273. The maximum absolute atomic E-state index is 11.9. The minimum absolute atomic E-state index is 0.0273. The average molecular weight is 338 g/mol. The maximum atomic E-state index is 11.9. The fourth-order valence-electron chi connectivity index (χ4n) is 1.87. The van der Waals surface area contributed by atoms with Crippen molar-refractivity contribution in [3.63, 3.8) is 0 Å². The third kappa shape index (κ3) is 5.32. The van der Waals surface area contributed by atoms with Gasteiger partial charge in [0.2, 0.25) is 5.91 Å². The fourth-order valence-corrected chi connectivity index (χ4v) is 2.34. The lowest BCUT2D eigenvalue weighted by atomic mass is 9.84. The molecule has 0 aliphatic rings. The molecule has 1 amide bonds. The molecule has 0 bridgehead atoms. The van der Waals surface area contributed by atoms with E-state index in [1.807, 2.05) is 0 Å². The van der Waals surface area contributed by atoms with Crippen LogP contribution in [0.15, 0.2) is 22.7 Å². The van der Waals surface area contributed by atoms with Crippen molar-refractivity contribution in [2.24, 2.45) is 11.1 Å². The van der Waals surface area contributed by atoms with Crippen LogP contribution in [-0.2, 0) is 4.79 Å². The van der Waals surface area contributed by atoms with Crippen LogP contribution in [0, 0.1) is 16.7 Å². The third-order valence-corrected chi connectivity index (χ3v) is 3.88. The summed E-state index contributed by atoms with van der Waals surface area (Å²) < 4.78 is 0.714. The largest absolute Gasteiger partial charge is 0.330 e. The first-order valence-corrected chi connectivity index (χ1v) is 7.37. The molecule has 4 nitrogen and oxygen atoms in total. The van der Waals surface area contributed by atoms with Gasteiger partial charge in [0.25, 0.3) is 0 Å². The van der Waals surface area contributed by atoms with Crippen LogP contribution in [0.4, 0.5) is 5.69 Å². The van der Waals surface area contributed by atoms with E-state index in [0.717, 1.165) is 12.8 Å². The molecule has 0 aliphatic carbocycles. The van der Waals surface area contributed by atoms with Gasteiger partial charge in [-0.1, -0.05) is 13.8 Å². The van der Waals surface area contributed by atoms with Gasteiger partial charge in [-0.25, -0.2) is 0 Å². The van der Waals surface area contributed by atoms with Crippen LogP contribution >= 0.6 is 15.9 Å². The summed E-state index contributed by atoms with van der Waals surface area (Å²) in [6.07, 6.45) is 2.16. The highest BCUT2D eigenvalue weighted by Crippen LogP contribution is 2.27. The third-order valence-electron chi connectivity index (χ3n) is 3.22. The molecule has 0 saturated carbocycles. The zero-order chi connectivity index (χ0) is 15.2. The first-order chi connectivity index (χ1) is 9.38. The van der Waals surface area contributed by atoms with E-state index in [2.05, 4.69) is 41.2 Å². The monoisotopic (exact) mass is 337 g/mol. The number of halogens is 1. The second kappa shape index (κ2) is 7.41. The zero-order valence-corrected chi connectivity index (χ0v) is 13.5. The van der Waals surface area contributed by atoms with Gasteiger partial charge in [0.05, 0.1) is 17.3 Å². The normalized spacial score (nSPS) is 10.9. The number of rotatable bonds is 6. The highest BCUT2D eigenvalue weighted by molar-refractivity contribution is 9.10. The molecule has 20 heavy (non-hydrogen) atoms. The Balaban J connectivity index is 2.57. The highest BCUT2D eigenvalue weighted by Gasteiger charge is 2.18. The molecule has 1 rings (SSSR count). The zero-order valence-electron chi connectivity index (χ0n) is 11.9. The van der Waals surface area contributed by atoms with Gasteiger partial charge in [0, 0.05) is 10.9 Å². The van der Waals surface area contributed by atoms with Gasteiger partial charge in [0.15, 0.2) is 0 Å². The Bertz CT molecular complexity index is 520. The summed E-state index contributed by atoms with van der Waals surface area (Å²) in [6, 6.07) is 7.15. The Hall–Kier alpha value is -1.38. The number of hydrogen-bond acceptors (Lipinski definition) is 3. The van der Waals surface area contributed by atoms with Gasteiger partial charge < -0.3 is 11.1 Å². The number of amides is 1. The van der Waals surface area contributed by atoms with E-state index in [1.165, 1.54) is 0 Å². The number of nitriles is 1. The predicted octanol–water partition coefficient (Wildman–Crippen LogP) is 3.41.